The van der Waals surface area contributed by atoms with E-state index in [1.807, 2.05) is 0 Å². The molecule has 450 valence electrons. The summed E-state index contributed by atoms with van der Waals surface area (Å²) in [4.78, 5) is 137. The van der Waals surface area contributed by atoms with Crippen molar-refractivity contribution in [3.63, 3.8) is 0 Å². The second-order valence-corrected chi connectivity index (χ2v) is 17.9. The van der Waals surface area contributed by atoms with Crippen molar-refractivity contribution in [2.75, 3.05) is 0 Å². The summed E-state index contributed by atoms with van der Waals surface area (Å²) >= 11 is 0. The first-order valence-electron chi connectivity index (χ1n) is 24.9. The van der Waals surface area contributed by atoms with Gasteiger partial charge in [-0.25, -0.2) is 0 Å². The van der Waals surface area contributed by atoms with Crippen LogP contribution in [0.1, 0.15) is 76.2 Å². The second kappa shape index (κ2) is 25.3. The van der Waals surface area contributed by atoms with Crippen molar-refractivity contribution in [1.82, 2.24) is 0 Å². The van der Waals surface area contributed by atoms with Gasteiger partial charge < -0.3 is 85.3 Å². The third kappa shape index (κ3) is 15.0. The summed E-state index contributed by atoms with van der Waals surface area (Å²) in [5.74, 6) is -20.2. The number of esters is 11. The molecule has 6 aromatic rings. The lowest BCUT2D eigenvalue weighted by Gasteiger charge is -2.27. The highest BCUT2D eigenvalue weighted by Crippen LogP contribution is 2.63. The van der Waals surface area contributed by atoms with Crippen LogP contribution in [0.15, 0.2) is 66.7 Å². The molecule has 29 nitrogen and oxygen atoms in total. The number of hydrogen-bond acceptors (Lipinski definition) is 29. The molecule has 0 bridgehead atoms. The van der Waals surface area contributed by atoms with Crippen molar-refractivity contribution in [3.05, 3.63) is 66.7 Å². The summed E-state index contributed by atoms with van der Waals surface area (Å²) in [7, 11) is 0. The van der Waals surface area contributed by atoms with E-state index in [-0.39, 0.29) is 51.7 Å². The van der Waals surface area contributed by atoms with Crippen LogP contribution in [0.3, 0.4) is 0 Å². The highest BCUT2D eigenvalue weighted by molar-refractivity contribution is 5.84. The maximum atomic E-state index is 12.9. The fraction of sp³-hybridized carbons (Fsp3) is 0.190. The van der Waals surface area contributed by atoms with E-state index in [4.69, 9.17) is 85.3 Å². The Bertz CT molecular complexity index is 3890. The van der Waals surface area contributed by atoms with Gasteiger partial charge in [-0.3, -0.25) is 52.7 Å². The largest absolute Gasteiger partial charge is 0.449 e. The van der Waals surface area contributed by atoms with Crippen molar-refractivity contribution >= 4 is 65.7 Å². The lowest BCUT2D eigenvalue weighted by molar-refractivity contribution is -0.133. The van der Waals surface area contributed by atoms with E-state index < -0.39 is 158 Å². The van der Waals surface area contributed by atoms with E-state index in [0.717, 1.165) is 119 Å². The van der Waals surface area contributed by atoms with Crippen LogP contribution in [0.5, 0.6) is 144 Å². The van der Waals surface area contributed by atoms with Crippen LogP contribution in [-0.2, 0) is 52.7 Å². The third-order valence-electron chi connectivity index (χ3n) is 10.4. The maximum absolute atomic E-state index is 12.9. The minimum Gasteiger partial charge on any atom is -0.449 e. The zero-order valence-corrected chi connectivity index (χ0v) is 47.2. The van der Waals surface area contributed by atoms with Gasteiger partial charge in [0.15, 0.2) is 57.5 Å². The number of carbonyl (C=O) groups is 11. The summed E-state index contributed by atoms with van der Waals surface area (Å²) < 4.78 is 103. The molecule has 0 atom stereocenters. The third-order valence-corrected chi connectivity index (χ3v) is 10.4. The quantitative estimate of drug-likeness (QED) is 0.0604. The molecule has 0 aliphatic carbocycles. The SMILES string of the molecule is CC(=O)Oc1cc(OC(C)=O)cc(Oc2c(OC(C)=O)cc(OC(C)=O)c3c2Oc2c(OC(C)=O)cc(Oc4c(OC(C)=O)cc(Oc5c(OC(C)=O)cc(OC(C)=O)c6c5Oc5c(OC(C)=O)cc(OC(C)=O)cc5O6)cc4OC(C)=O)cc2O3)c1. The van der Waals surface area contributed by atoms with Crippen molar-refractivity contribution in [3.8, 4) is 144 Å². The van der Waals surface area contributed by atoms with Gasteiger partial charge in [-0.15, -0.1) is 0 Å². The Hall–Kier alpha value is -11.9. The first-order valence-corrected chi connectivity index (χ1v) is 24.9. The molecule has 29 heteroatoms. The van der Waals surface area contributed by atoms with Crippen molar-refractivity contribution in [2.45, 2.75) is 76.2 Å². The predicted octanol–water partition coefficient (Wildman–Crippen LogP) is 10.0. The predicted molar refractivity (Wildman–Crippen MR) is 284 cm³/mol. The van der Waals surface area contributed by atoms with E-state index in [1.54, 1.807) is 0 Å². The Kier molecular flexibility index (Phi) is 17.8. The van der Waals surface area contributed by atoms with Gasteiger partial charge in [0.2, 0.25) is 51.7 Å². The zero-order valence-electron chi connectivity index (χ0n) is 47.2. The van der Waals surface area contributed by atoms with Gasteiger partial charge in [-0.2, -0.15) is 0 Å². The molecule has 87 heavy (non-hydrogen) atoms. The molecular weight excluding hydrogens is 1160 g/mol. The standard InChI is InChI=1S/C58H44O29/c1-23(59)70-34-12-35(71-24(2)60)14-36(13-34)82-53-46(77-30(8)66)21-48(79-32(10)68)55-57(53)87-52-43(76-29(7)65)17-38(20-45(52)85-55)81-50-40(73-26(4)62)18-39(19-41(50)74-27(5)63)83-54-47(78-31(9)67)22-49(80-33(11)69)56-58(54)86-51-42(75-28(6)64)15-37(72-25(3)61)16-44(51)84-56/h12-22H,1-11H3. The molecule has 2 heterocycles. The van der Waals surface area contributed by atoms with Crippen molar-refractivity contribution in [1.29, 1.82) is 0 Å². The molecule has 0 saturated carbocycles. The van der Waals surface area contributed by atoms with Gasteiger partial charge in [0.05, 0.1) is 0 Å². The lowest BCUT2D eigenvalue weighted by atomic mass is 10.2. The molecule has 8 rings (SSSR count). The van der Waals surface area contributed by atoms with E-state index in [1.165, 1.54) is 24.3 Å². The monoisotopic (exact) mass is 1200 g/mol. The number of hydrogen-bond donors (Lipinski definition) is 0. The number of rotatable bonds is 17. The van der Waals surface area contributed by atoms with Crippen LogP contribution < -0.4 is 85.3 Å². The van der Waals surface area contributed by atoms with Crippen LogP contribution in [0.25, 0.3) is 0 Å². The van der Waals surface area contributed by atoms with E-state index in [9.17, 15) is 52.7 Å². The van der Waals surface area contributed by atoms with E-state index in [2.05, 4.69) is 0 Å². The van der Waals surface area contributed by atoms with Crippen LogP contribution in [0.2, 0.25) is 0 Å². The Morgan fingerprint density at radius 3 is 0.793 bits per heavy atom. The fourth-order valence-corrected chi connectivity index (χ4v) is 7.86. The Morgan fingerprint density at radius 2 is 0.448 bits per heavy atom. The lowest BCUT2D eigenvalue weighted by Crippen LogP contribution is -2.12. The van der Waals surface area contributed by atoms with Gasteiger partial charge in [0.25, 0.3) is 0 Å². The molecule has 0 unspecified atom stereocenters. The van der Waals surface area contributed by atoms with Crippen LogP contribution in [0.4, 0.5) is 0 Å². The molecule has 2 aliphatic rings. The average Bonchev–Trinajstić information content (AvgIpc) is 0.818. The molecule has 0 aromatic heterocycles. The van der Waals surface area contributed by atoms with Gasteiger partial charge >= 0.3 is 65.7 Å². The minimum atomic E-state index is -1.00. The number of fused-ring (bicyclic) bond motifs is 4. The highest BCUT2D eigenvalue weighted by atomic mass is 16.6. The number of carbonyl (C=O) groups excluding carboxylic acids is 11. The Morgan fingerprint density at radius 1 is 0.218 bits per heavy atom. The van der Waals surface area contributed by atoms with Crippen molar-refractivity contribution < 1.29 is 138 Å². The topological polar surface area (TPSA) is 354 Å². The van der Waals surface area contributed by atoms with Crippen molar-refractivity contribution in [2.24, 2.45) is 0 Å². The molecule has 0 fully saturated rings. The summed E-state index contributed by atoms with van der Waals surface area (Å²) in [6.45, 7) is 11.5. The Balaban J connectivity index is 1.27. The van der Waals surface area contributed by atoms with E-state index >= 15 is 0 Å². The number of ether oxygens (including phenoxy) is 18. The summed E-state index contributed by atoms with van der Waals surface area (Å²) in [5, 5.41) is 0. The normalized spacial score (nSPS) is 11.1. The van der Waals surface area contributed by atoms with E-state index in [0.29, 0.717) is 0 Å². The van der Waals surface area contributed by atoms with Crippen LogP contribution in [0, 0.1) is 0 Å². The maximum Gasteiger partial charge on any atom is 0.308 e. The Labute approximate surface area is 489 Å². The molecule has 6 aromatic carbocycles. The smallest absolute Gasteiger partial charge is 0.308 e. The van der Waals surface area contributed by atoms with Gasteiger partial charge in [-0.1, -0.05) is 0 Å². The molecule has 2 aliphatic heterocycles. The van der Waals surface area contributed by atoms with Crippen LogP contribution >= 0.6 is 0 Å². The molecule has 0 amide bonds. The first kappa shape index (κ1) is 61.2. The summed E-state index contributed by atoms with van der Waals surface area (Å²) in [5.41, 5.74) is 0. The molecule has 0 spiro atoms. The minimum absolute atomic E-state index is 0.176. The molecule has 0 N–H and O–H groups in total. The first-order chi connectivity index (χ1) is 41.0. The zero-order chi connectivity index (χ0) is 63.3. The summed E-state index contributed by atoms with van der Waals surface area (Å²) in [6, 6.07) is 12.1. The average molecular weight is 1200 g/mol. The molecular formula is C58H44O29. The summed E-state index contributed by atoms with van der Waals surface area (Å²) in [6.07, 6.45) is 0. The van der Waals surface area contributed by atoms with Gasteiger partial charge in [0, 0.05) is 143 Å². The second-order valence-electron chi connectivity index (χ2n) is 17.9. The number of benzene rings is 6. The van der Waals surface area contributed by atoms with Crippen LogP contribution in [-0.4, -0.2) is 65.7 Å². The van der Waals surface area contributed by atoms with Gasteiger partial charge in [0.1, 0.15) is 34.5 Å². The molecule has 0 saturated heterocycles. The van der Waals surface area contributed by atoms with Gasteiger partial charge in [-0.05, 0) is 0 Å². The molecule has 0 radical (unpaired) electrons. The highest BCUT2D eigenvalue weighted by Gasteiger charge is 2.38. The fourth-order valence-electron chi connectivity index (χ4n) is 7.86.